The monoisotopic (exact) mass is 1060 g/mol. The van der Waals surface area contributed by atoms with Crippen LogP contribution in [0.4, 0.5) is 0 Å². The van der Waals surface area contributed by atoms with Crippen LogP contribution >= 0.6 is 0 Å². The third-order valence-corrected chi connectivity index (χ3v) is 14.1. The fourth-order valence-electron chi connectivity index (χ4n) is 10.0. The van der Waals surface area contributed by atoms with E-state index in [0.717, 1.165) is 22.3 Å². The number of carbonyl (C=O) groups excluding carboxylic acids is 1. The Morgan fingerprint density at radius 3 is 0.962 bits per heavy atom. The predicted molar refractivity (Wildman–Crippen MR) is 289 cm³/mol. The zero-order valence-corrected chi connectivity index (χ0v) is 43.6. The second-order valence-electron chi connectivity index (χ2n) is 19.3. The highest BCUT2D eigenvalue weighted by atomic mass is 16.6. The summed E-state index contributed by atoms with van der Waals surface area (Å²) in [6.07, 6.45) is -2.14. The van der Waals surface area contributed by atoms with Crippen LogP contribution in [-0.4, -0.2) is 95.5 Å². The molecule has 10 rings (SSSR count). The minimum absolute atomic E-state index is 0.0510. The molecule has 0 saturated heterocycles. The molecule has 2 unspecified atom stereocenters. The number of rotatable bonds is 6. The van der Waals surface area contributed by atoms with E-state index in [1.165, 1.54) is 0 Å². The van der Waals surface area contributed by atoms with Gasteiger partial charge in [0.05, 0.1) is 111 Å². The molecule has 7 aromatic carbocycles. The van der Waals surface area contributed by atoms with Gasteiger partial charge in [-0.1, -0.05) is 140 Å². The summed E-state index contributed by atoms with van der Waals surface area (Å²) < 4.78 is 70.1. The number of carbonyl (C=O) groups is 1. The molecule has 0 saturated carbocycles. The zero-order valence-electron chi connectivity index (χ0n) is 43.6. The van der Waals surface area contributed by atoms with Gasteiger partial charge in [-0.3, -0.25) is 0 Å². The molecule has 78 heavy (non-hydrogen) atoms. The third kappa shape index (κ3) is 13.4. The number of cyclic esters (lactones) is 1. The van der Waals surface area contributed by atoms with Gasteiger partial charge in [-0.15, -0.1) is 0 Å². The Kier molecular flexibility index (Phi) is 19.0. The van der Waals surface area contributed by atoms with E-state index >= 15 is 0 Å². The van der Waals surface area contributed by atoms with Crippen molar-refractivity contribution in [1.29, 1.82) is 0 Å². The zero-order chi connectivity index (χ0) is 53.4. The summed E-state index contributed by atoms with van der Waals surface area (Å²) in [6, 6.07) is 53.6. The van der Waals surface area contributed by atoms with Gasteiger partial charge in [-0.2, -0.15) is 0 Å². The molecule has 2 N–H and O–H groups in total. The molecular formula is C64H66O14. The highest BCUT2D eigenvalue weighted by molar-refractivity contribution is 5.96. The van der Waals surface area contributed by atoms with Crippen molar-refractivity contribution in [1.82, 2.24) is 0 Å². The second kappa shape index (κ2) is 27.2. The Balaban J connectivity index is 1.12. The smallest absolute Gasteiger partial charge is 0.340 e. The van der Waals surface area contributed by atoms with Gasteiger partial charge in [0.1, 0.15) is 35.9 Å². The van der Waals surface area contributed by atoms with Crippen molar-refractivity contribution in [3.05, 3.63) is 237 Å². The maximum absolute atomic E-state index is 14.6. The minimum Gasteiger partial charge on any atom is -0.507 e. The highest BCUT2D eigenvalue weighted by Gasteiger charge is 2.49. The molecule has 3 aliphatic heterocycles. The van der Waals surface area contributed by atoms with Gasteiger partial charge < -0.3 is 62.3 Å². The Labute approximate surface area is 455 Å². The largest absolute Gasteiger partial charge is 0.507 e. The molecule has 5 atom stereocenters. The van der Waals surface area contributed by atoms with Gasteiger partial charge in [-0.05, 0) is 52.6 Å². The van der Waals surface area contributed by atoms with Crippen LogP contribution in [0.2, 0.25) is 0 Å². The quantitative estimate of drug-likeness (QED) is 0.152. The predicted octanol–water partition coefficient (Wildman–Crippen LogP) is 10.7. The summed E-state index contributed by atoms with van der Waals surface area (Å²) in [5.41, 5.74) is 5.38. The second-order valence-corrected chi connectivity index (χ2v) is 19.3. The van der Waals surface area contributed by atoms with E-state index < -0.39 is 36.0 Å². The van der Waals surface area contributed by atoms with Gasteiger partial charge in [-0.25, -0.2) is 4.79 Å². The normalized spacial score (nSPS) is 22.8. The summed E-state index contributed by atoms with van der Waals surface area (Å²) in [5, 5.41) is 25.0. The van der Waals surface area contributed by atoms with E-state index in [4.69, 9.17) is 52.1 Å². The fraction of sp³-hybridized carbons (Fsp3) is 0.328. The van der Waals surface area contributed by atoms with Gasteiger partial charge in [0.25, 0.3) is 0 Å². The van der Waals surface area contributed by atoms with E-state index in [1.807, 2.05) is 158 Å². The SMILES string of the molecule is O=C1OC(c2cc3c(O)c(c2)CO[C@@H](c2ccccc2)COCCOCCOCC(c2ccccc2)OC3)(c2cc3c(O)c(c2)CO[C@@H](c2ccccc2)COCCOCCOC[C@H](c2ccccc2)OC3)c2ccccc21. The van der Waals surface area contributed by atoms with Gasteiger partial charge in [0.2, 0.25) is 0 Å². The third-order valence-electron chi connectivity index (χ3n) is 14.1. The van der Waals surface area contributed by atoms with Crippen LogP contribution in [0.25, 0.3) is 0 Å². The summed E-state index contributed by atoms with van der Waals surface area (Å²) in [4.78, 5) is 14.6. The highest BCUT2D eigenvalue weighted by Crippen LogP contribution is 2.50. The molecule has 0 spiro atoms. The van der Waals surface area contributed by atoms with Crippen LogP contribution in [0.1, 0.15) is 96.0 Å². The van der Waals surface area contributed by atoms with E-state index in [9.17, 15) is 15.0 Å². The first-order valence-electron chi connectivity index (χ1n) is 26.6. The molecule has 4 bridgehead atoms. The molecule has 14 nitrogen and oxygen atoms in total. The van der Waals surface area contributed by atoms with Crippen LogP contribution in [0.3, 0.4) is 0 Å². The van der Waals surface area contributed by atoms with Crippen LogP contribution < -0.4 is 0 Å². The van der Waals surface area contributed by atoms with Gasteiger partial charge >= 0.3 is 5.97 Å². The first-order chi connectivity index (χ1) is 38.4. The molecule has 3 heterocycles. The number of hydrogen-bond acceptors (Lipinski definition) is 14. The number of phenols is 2. The fourth-order valence-corrected chi connectivity index (χ4v) is 10.0. The number of ether oxygens (including phenoxy) is 11. The molecule has 0 aliphatic carbocycles. The molecule has 0 radical (unpaired) electrons. The number of benzene rings is 7. The lowest BCUT2D eigenvalue weighted by Crippen LogP contribution is -2.30. The van der Waals surface area contributed by atoms with Crippen molar-refractivity contribution in [3.8, 4) is 11.5 Å². The lowest BCUT2D eigenvalue weighted by Gasteiger charge is -2.33. The Morgan fingerprint density at radius 1 is 0.359 bits per heavy atom. The van der Waals surface area contributed by atoms with Gasteiger partial charge in [0.15, 0.2) is 5.60 Å². The molecular weight excluding hydrogens is 993 g/mol. The summed E-state index contributed by atoms with van der Waals surface area (Å²) in [7, 11) is 0. The molecule has 0 fully saturated rings. The number of fused-ring (bicyclic) bond motifs is 5. The molecule has 14 heteroatoms. The lowest BCUT2D eigenvalue weighted by molar-refractivity contribution is -0.0560. The molecule has 7 aromatic rings. The summed E-state index contributed by atoms with van der Waals surface area (Å²) >= 11 is 0. The maximum Gasteiger partial charge on any atom is 0.340 e. The van der Waals surface area contributed by atoms with E-state index in [2.05, 4.69) is 0 Å². The minimum atomic E-state index is -1.68. The summed E-state index contributed by atoms with van der Waals surface area (Å²) in [5.74, 6) is -0.658. The van der Waals surface area contributed by atoms with Crippen LogP contribution in [0, 0.1) is 0 Å². The van der Waals surface area contributed by atoms with Crippen molar-refractivity contribution < 1.29 is 67.1 Å². The standard InChI is InChI=1S/C64H66O14/c65-61-49-33-53(34-50(61)38-75-58(46-17-7-2-8-18-46)42-71-30-26-68-25-29-70-41-57(74-37-49)45-15-5-1-6-16-45)64(56-24-14-13-23-55(56)63(67)78-64)54-35-51-39-76-59(47-19-9-3-10-20-47)43-72-31-27-69-28-32-73-44-60(48-21-11-4-12-22-48)77-40-52(36-54)62(51)66/h1-24,33-36,57-60,65-66H,25-32,37-44H2/t57-,58-,59-,60?,64?/m1/s1. The average Bonchev–Trinajstić information content (AvgIpc) is 3.90. The Hall–Kier alpha value is -6.79. The van der Waals surface area contributed by atoms with Crippen LogP contribution in [0.5, 0.6) is 11.5 Å². The Bertz CT molecular complexity index is 2670. The van der Waals surface area contributed by atoms with Crippen molar-refractivity contribution in [2.24, 2.45) is 0 Å². The topological polar surface area (TPSA) is 159 Å². The number of phenolic OH excluding ortho intramolecular Hbond substituents is 2. The van der Waals surface area contributed by atoms with Crippen molar-refractivity contribution in [2.45, 2.75) is 56.4 Å². The van der Waals surface area contributed by atoms with Crippen LogP contribution in [0.15, 0.2) is 170 Å². The van der Waals surface area contributed by atoms with Crippen LogP contribution in [-0.2, 0) is 84.1 Å². The number of hydrogen-bond donors (Lipinski definition) is 2. The number of aromatic hydroxyl groups is 2. The molecule has 3 aliphatic rings. The van der Waals surface area contributed by atoms with E-state index in [1.54, 1.807) is 12.1 Å². The summed E-state index contributed by atoms with van der Waals surface area (Å²) in [6.45, 7) is 3.26. The first kappa shape index (κ1) is 54.6. The average molecular weight is 1060 g/mol. The molecule has 0 amide bonds. The molecule has 406 valence electrons. The van der Waals surface area contributed by atoms with Crippen molar-refractivity contribution >= 4 is 5.97 Å². The number of esters is 1. The first-order valence-corrected chi connectivity index (χ1v) is 26.6. The lowest BCUT2D eigenvalue weighted by atomic mass is 9.77. The van der Waals surface area contributed by atoms with E-state index in [-0.39, 0.29) is 64.4 Å². The Morgan fingerprint density at radius 2 is 0.641 bits per heavy atom. The molecule has 0 aromatic heterocycles. The van der Waals surface area contributed by atoms with Crippen molar-refractivity contribution in [2.75, 3.05) is 79.3 Å². The van der Waals surface area contributed by atoms with Gasteiger partial charge in [0, 0.05) is 38.9 Å². The maximum atomic E-state index is 14.6. The van der Waals surface area contributed by atoms with Crippen molar-refractivity contribution in [3.63, 3.8) is 0 Å². The van der Waals surface area contributed by atoms with E-state index in [0.29, 0.717) is 97.4 Å².